The zero-order valence-corrected chi connectivity index (χ0v) is 24.4. The summed E-state index contributed by atoms with van der Waals surface area (Å²) in [5, 5.41) is 7.12. The van der Waals surface area contributed by atoms with E-state index >= 15 is 0 Å². The second-order valence-corrected chi connectivity index (χ2v) is 11.8. The highest BCUT2D eigenvalue weighted by molar-refractivity contribution is 9.10. The molecule has 2 heterocycles. The van der Waals surface area contributed by atoms with Crippen LogP contribution in [-0.4, -0.2) is 17.7 Å². The third-order valence-electron chi connectivity index (χ3n) is 7.65. The first kappa shape index (κ1) is 27.3. The molecule has 0 radical (unpaired) electrons. The van der Waals surface area contributed by atoms with Gasteiger partial charge in [-0.15, -0.1) is 0 Å². The van der Waals surface area contributed by atoms with Crippen molar-refractivity contribution in [2.45, 2.75) is 23.8 Å². The molecular weight excluding hydrogens is 629 g/mol. The van der Waals surface area contributed by atoms with Gasteiger partial charge >= 0.3 is 0 Å². The summed E-state index contributed by atoms with van der Waals surface area (Å²) in [5.74, 6) is -0.746. The molecule has 2 aliphatic rings. The Bertz CT molecular complexity index is 1730. The van der Waals surface area contributed by atoms with Crippen LogP contribution in [0, 0.1) is 0 Å². The van der Waals surface area contributed by atoms with E-state index in [1.54, 1.807) is 54.6 Å². The summed E-state index contributed by atoms with van der Waals surface area (Å²) in [4.78, 5) is 39.2. The number of hydrogen-bond acceptors (Lipinski definition) is 4. The fraction of sp³-hybridized carbons (Fsp3) is 0.129. The number of carbonyl (C=O) groups is 3. The highest BCUT2D eigenvalue weighted by Crippen LogP contribution is 2.58. The van der Waals surface area contributed by atoms with E-state index in [2.05, 4.69) is 26.6 Å². The predicted molar refractivity (Wildman–Crippen MR) is 161 cm³/mol. The number of fused-ring (bicyclic) bond motifs is 2. The summed E-state index contributed by atoms with van der Waals surface area (Å²) in [6, 6.07) is 23.5. The third kappa shape index (κ3) is 4.76. The van der Waals surface area contributed by atoms with E-state index in [1.165, 1.54) is 0 Å². The number of rotatable bonds is 5. The molecule has 1 unspecified atom stereocenters. The van der Waals surface area contributed by atoms with E-state index in [4.69, 9.17) is 33.7 Å². The van der Waals surface area contributed by atoms with Crippen molar-refractivity contribution < 1.29 is 19.1 Å². The smallest absolute Gasteiger partial charge is 0.248 e. The summed E-state index contributed by atoms with van der Waals surface area (Å²) in [5.41, 5.74) is 7.08. The molecule has 0 saturated carbocycles. The second kappa shape index (κ2) is 10.5. The lowest BCUT2D eigenvalue weighted by Crippen LogP contribution is -2.56. The van der Waals surface area contributed by atoms with Gasteiger partial charge in [-0.05, 0) is 77.9 Å². The Hall–Kier alpha value is -3.85. The Morgan fingerprint density at radius 3 is 2.44 bits per heavy atom. The minimum Gasteiger partial charge on any atom is -0.457 e. The second-order valence-electron chi connectivity index (χ2n) is 10.00. The van der Waals surface area contributed by atoms with Crippen molar-refractivity contribution >= 4 is 62.5 Å². The quantitative estimate of drug-likeness (QED) is 0.219. The molecule has 4 aromatic carbocycles. The van der Waals surface area contributed by atoms with Crippen molar-refractivity contribution in [2.24, 2.45) is 5.73 Å². The van der Waals surface area contributed by atoms with Crippen molar-refractivity contribution in [1.82, 2.24) is 5.32 Å². The van der Waals surface area contributed by atoms with Crippen molar-refractivity contribution in [3.05, 3.63) is 122 Å². The fourth-order valence-electron chi connectivity index (χ4n) is 5.92. The number of nitrogens with one attached hydrogen (secondary N) is 2. The number of amides is 3. The van der Waals surface area contributed by atoms with E-state index in [1.807, 2.05) is 30.3 Å². The SMILES string of the molecule is NC(=O)c1ccc(Oc2ccc(Br)cc2[C@H]2NC(=O)C[C@@H](c3cccc(Cl)c3)C23C(=O)Nc2cc(Cl)ccc23)cc1. The molecule has 4 aromatic rings. The van der Waals surface area contributed by atoms with Crippen LogP contribution in [0.4, 0.5) is 5.69 Å². The topological polar surface area (TPSA) is 111 Å². The van der Waals surface area contributed by atoms with Gasteiger partial charge in [0.15, 0.2) is 0 Å². The lowest BCUT2D eigenvalue weighted by molar-refractivity contribution is -0.131. The number of ether oxygens (including phenoxy) is 1. The molecule has 0 bridgehead atoms. The van der Waals surface area contributed by atoms with Crippen LogP contribution < -0.4 is 21.1 Å². The molecule has 1 spiro atoms. The van der Waals surface area contributed by atoms with Crippen LogP contribution in [0.5, 0.6) is 11.5 Å². The molecule has 2 aliphatic heterocycles. The summed E-state index contributed by atoms with van der Waals surface area (Å²) in [6.45, 7) is 0. The van der Waals surface area contributed by atoms with Gasteiger partial charge in [0.1, 0.15) is 16.9 Å². The van der Waals surface area contributed by atoms with Crippen molar-refractivity contribution in [1.29, 1.82) is 0 Å². The van der Waals surface area contributed by atoms with Crippen LogP contribution in [0.25, 0.3) is 0 Å². The third-order valence-corrected chi connectivity index (χ3v) is 8.62. The summed E-state index contributed by atoms with van der Waals surface area (Å²) >= 11 is 16.3. The van der Waals surface area contributed by atoms with Gasteiger partial charge in [-0.2, -0.15) is 0 Å². The van der Waals surface area contributed by atoms with E-state index in [0.717, 1.165) is 10.0 Å². The standard InChI is InChI=1S/C31H22BrCl2N3O4/c32-18-6-11-26(41-21-8-4-16(5-9-21)29(35)39)22(13-18)28-31(23-10-7-20(34)14-25(23)36-30(31)40)24(15-27(38)37-28)17-2-1-3-19(33)12-17/h1-14,24,28H,15H2,(H2,35,39)(H,36,40)(H,37,38)/t24-,28+,31?/m0/s1. The van der Waals surface area contributed by atoms with Gasteiger partial charge in [0.05, 0.1) is 6.04 Å². The summed E-state index contributed by atoms with van der Waals surface area (Å²) < 4.78 is 7.02. The number of hydrogen-bond donors (Lipinski definition) is 3. The normalized spacial score (nSPS) is 21.2. The first-order valence-electron chi connectivity index (χ1n) is 12.7. The maximum Gasteiger partial charge on any atom is 0.248 e. The van der Waals surface area contributed by atoms with Crippen LogP contribution in [0.2, 0.25) is 10.0 Å². The van der Waals surface area contributed by atoms with Gasteiger partial charge in [-0.3, -0.25) is 14.4 Å². The Balaban J connectivity index is 1.56. The Labute approximate surface area is 254 Å². The van der Waals surface area contributed by atoms with Gasteiger partial charge in [0.2, 0.25) is 17.7 Å². The fourth-order valence-corrected chi connectivity index (χ4v) is 6.67. The van der Waals surface area contributed by atoms with E-state index in [0.29, 0.717) is 43.9 Å². The van der Waals surface area contributed by atoms with Gasteiger partial charge in [0, 0.05) is 43.7 Å². The van der Waals surface area contributed by atoms with Crippen molar-refractivity contribution in [3.63, 3.8) is 0 Å². The number of primary amides is 1. The van der Waals surface area contributed by atoms with Gasteiger partial charge in [-0.1, -0.05) is 57.3 Å². The van der Waals surface area contributed by atoms with E-state index in [9.17, 15) is 14.4 Å². The monoisotopic (exact) mass is 649 g/mol. The highest BCUT2D eigenvalue weighted by Gasteiger charge is 2.61. The van der Waals surface area contributed by atoms with Crippen LogP contribution in [0.15, 0.2) is 89.4 Å². The van der Waals surface area contributed by atoms with Crippen molar-refractivity contribution in [3.8, 4) is 11.5 Å². The minimum absolute atomic E-state index is 0.0606. The molecule has 3 amide bonds. The number of carbonyl (C=O) groups excluding carboxylic acids is 3. The zero-order chi connectivity index (χ0) is 28.9. The molecular formula is C31H22BrCl2N3O4. The maximum atomic E-state index is 14.3. The van der Waals surface area contributed by atoms with E-state index in [-0.39, 0.29) is 18.2 Å². The van der Waals surface area contributed by atoms with Crippen molar-refractivity contribution in [2.75, 3.05) is 5.32 Å². The number of halogens is 3. The van der Waals surface area contributed by atoms with Gasteiger partial charge in [-0.25, -0.2) is 0 Å². The Kier molecular flexibility index (Phi) is 7.01. The molecule has 4 N–H and O–H groups in total. The average Bonchev–Trinajstić information content (AvgIpc) is 3.22. The largest absolute Gasteiger partial charge is 0.457 e. The van der Waals surface area contributed by atoms with Crippen LogP contribution in [0.3, 0.4) is 0 Å². The molecule has 206 valence electrons. The molecule has 7 nitrogen and oxygen atoms in total. The molecule has 6 rings (SSSR count). The lowest BCUT2D eigenvalue weighted by Gasteiger charge is -2.46. The maximum absolute atomic E-state index is 14.3. The molecule has 3 atom stereocenters. The first-order valence-corrected chi connectivity index (χ1v) is 14.2. The number of piperidine rings is 1. The Morgan fingerprint density at radius 1 is 0.951 bits per heavy atom. The molecule has 0 aromatic heterocycles. The number of anilines is 1. The van der Waals surface area contributed by atoms with Gasteiger partial charge < -0.3 is 21.1 Å². The first-order chi connectivity index (χ1) is 19.7. The Morgan fingerprint density at radius 2 is 1.71 bits per heavy atom. The number of nitrogens with two attached hydrogens (primary N) is 1. The van der Waals surface area contributed by atoms with Crippen LogP contribution in [0.1, 0.15) is 45.4 Å². The van der Waals surface area contributed by atoms with Crippen LogP contribution in [-0.2, 0) is 15.0 Å². The number of benzene rings is 4. The molecule has 1 fully saturated rings. The summed E-state index contributed by atoms with van der Waals surface area (Å²) in [7, 11) is 0. The molecule has 41 heavy (non-hydrogen) atoms. The zero-order valence-electron chi connectivity index (χ0n) is 21.3. The lowest BCUT2D eigenvalue weighted by atomic mass is 9.59. The average molecular weight is 651 g/mol. The molecule has 1 saturated heterocycles. The summed E-state index contributed by atoms with van der Waals surface area (Å²) in [6.07, 6.45) is 0.0606. The van der Waals surface area contributed by atoms with Crippen LogP contribution >= 0.6 is 39.1 Å². The van der Waals surface area contributed by atoms with E-state index < -0.39 is 23.3 Å². The highest BCUT2D eigenvalue weighted by atomic mass is 79.9. The van der Waals surface area contributed by atoms with Gasteiger partial charge in [0.25, 0.3) is 0 Å². The molecule has 10 heteroatoms. The minimum atomic E-state index is -1.27. The molecule has 0 aliphatic carbocycles. The predicted octanol–water partition coefficient (Wildman–Crippen LogP) is 6.88.